The predicted octanol–water partition coefficient (Wildman–Crippen LogP) is 3.26. The second-order valence-corrected chi connectivity index (χ2v) is 15.6. The first-order chi connectivity index (χ1) is 22.2. The molecule has 254 valence electrons. The van der Waals surface area contributed by atoms with E-state index in [-0.39, 0.29) is 29.1 Å². The fraction of sp³-hybridized carbons (Fsp3) is 0.469. The molecule has 4 N–H and O–H groups in total. The Balaban J connectivity index is 1.35. The molecule has 0 unspecified atom stereocenters. The first-order valence-corrected chi connectivity index (χ1v) is 17.8. The quantitative estimate of drug-likeness (QED) is 0.105. The number of rotatable bonds is 18. The zero-order chi connectivity index (χ0) is 34.2. The lowest BCUT2D eigenvalue weighted by Gasteiger charge is -2.26. The normalized spacial score (nSPS) is 13.4. The van der Waals surface area contributed by atoms with Crippen LogP contribution in [0.1, 0.15) is 61.4 Å². The van der Waals surface area contributed by atoms with Crippen molar-refractivity contribution in [3.05, 3.63) is 65.5 Å². The Kier molecular flexibility index (Phi) is 12.2. The molecule has 0 radical (unpaired) electrons. The lowest BCUT2D eigenvalue weighted by atomic mass is 10.0. The number of ketones is 1. The molecule has 0 aliphatic heterocycles. The van der Waals surface area contributed by atoms with Crippen molar-refractivity contribution in [2.45, 2.75) is 75.1 Å². The van der Waals surface area contributed by atoms with E-state index in [1.165, 1.54) is 0 Å². The van der Waals surface area contributed by atoms with Crippen molar-refractivity contribution in [2.75, 3.05) is 27.7 Å². The Morgan fingerprint density at radius 2 is 1.85 bits per heavy atom. The predicted molar refractivity (Wildman–Crippen MR) is 179 cm³/mol. The monoisotopic (exact) mass is 686 g/mol. The molecule has 2 aromatic carbocycles. The second-order valence-electron chi connectivity index (χ2n) is 12.8. The molecule has 0 fully saturated rings. The van der Waals surface area contributed by atoms with Crippen LogP contribution in [-0.2, 0) is 32.8 Å². The molecule has 0 saturated carbocycles. The summed E-state index contributed by atoms with van der Waals surface area (Å²) in [6.45, 7) is 2.97. The van der Waals surface area contributed by atoms with Gasteiger partial charge >= 0.3 is 0 Å². The first-order valence-electron chi connectivity index (χ1n) is 15.5. The van der Waals surface area contributed by atoms with Crippen LogP contribution in [0.25, 0.3) is 10.2 Å². The minimum atomic E-state index is -3.90. The van der Waals surface area contributed by atoms with Gasteiger partial charge in [0.25, 0.3) is 10.0 Å². The molecular formula is C32H44N7O6S2+. The molecule has 0 aliphatic rings. The van der Waals surface area contributed by atoms with Gasteiger partial charge in [-0.2, -0.15) is 0 Å². The summed E-state index contributed by atoms with van der Waals surface area (Å²) in [6.07, 6.45) is 4.17. The third kappa shape index (κ3) is 11.5. The lowest BCUT2D eigenvalue weighted by molar-refractivity contribution is -0.873. The molecule has 2 heterocycles. The third-order valence-corrected chi connectivity index (χ3v) is 9.73. The van der Waals surface area contributed by atoms with Gasteiger partial charge in [-0.15, -0.1) is 16.4 Å². The van der Waals surface area contributed by atoms with Crippen LogP contribution in [0.15, 0.2) is 53.0 Å². The van der Waals surface area contributed by atoms with Gasteiger partial charge in [-0.05, 0) is 43.5 Å². The maximum Gasteiger partial charge on any atom is 0.265 e. The maximum absolute atomic E-state index is 13.4. The summed E-state index contributed by atoms with van der Waals surface area (Å²) in [5, 5.41) is 26.9. The van der Waals surface area contributed by atoms with Gasteiger partial charge in [0.1, 0.15) is 42.5 Å². The SMILES string of the molecule is Cc1ccc(CNC(=O)[C@H](CCCCCC(=O)C[C@@H](O)C[N+](C)(C)C)n2cc(COc3ccc4nc(S(N)(=O)=O)sc4c3)nn2)cc1. The molecule has 2 aromatic heterocycles. The van der Waals surface area contributed by atoms with Gasteiger partial charge in [0.2, 0.25) is 10.2 Å². The number of quaternary nitrogens is 1. The minimum Gasteiger partial charge on any atom is -0.487 e. The van der Waals surface area contributed by atoms with E-state index in [1.807, 2.05) is 52.3 Å². The second kappa shape index (κ2) is 15.9. The summed E-state index contributed by atoms with van der Waals surface area (Å²) in [6, 6.07) is 12.3. The Morgan fingerprint density at radius 3 is 2.55 bits per heavy atom. The summed E-state index contributed by atoms with van der Waals surface area (Å²) in [4.78, 5) is 29.8. The summed E-state index contributed by atoms with van der Waals surface area (Å²) in [5.74, 6) is 0.339. The summed E-state index contributed by atoms with van der Waals surface area (Å²) >= 11 is 0.960. The molecule has 47 heavy (non-hydrogen) atoms. The molecule has 4 aromatic rings. The first kappa shape index (κ1) is 36.1. The molecule has 2 atom stereocenters. The van der Waals surface area contributed by atoms with E-state index in [1.54, 1.807) is 29.1 Å². The van der Waals surface area contributed by atoms with E-state index < -0.39 is 22.2 Å². The number of likely N-dealkylation sites (N-methyl/N-ethyl adjacent to an activating group) is 1. The number of nitrogens with two attached hydrogens (primary N) is 1. The minimum absolute atomic E-state index is 0.0404. The van der Waals surface area contributed by atoms with Crippen LogP contribution < -0.4 is 15.2 Å². The van der Waals surface area contributed by atoms with Crippen molar-refractivity contribution in [1.29, 1.82) is 0 Å². The molecule has 0 saturated heterocycles. The van der Waals surface area contributed by atoms with Crippen LogP contribution >= 0.6 is 11.3 Å². The van der Waals surface area contributed by atoms with Gasteiger partial charge in [-0.25, -0.2) is 23.2 Å². The smallest absolute Gasteiger partial charge is 0.265 e. The molecule has 0 bridgehead atoms. The highest BCUT2D eigenvalue weighted by atomic mass is 32.2. The number of aromatic nitrogens is 4. The Bertz CT molecular complexity index is 1760. The Morgan fingerprint density at radius 1 is 1.11 bits per heavy atom. The van der Waals surface area contributed by atoms with Crippen LogP contribution in [0.2, 0.25) is 0 Å². The number of unbranched alkanes of at least 4 members (excludes halogenated alkanes) is 2. The number of hydrogen-bond acceptors (Lipinski definition) is 10. The van der Waals surface area contributed by atoms with Crippen LogP contribution in [-0.4, -0.2) is 83.5 Å². The van der Waals surface area contributed by atoms with Gasteiger partial charge in [-0.1, -0.05) is 47.9 Å². The van der Waals surface area contributed by atoms with E-state index in [0.29, 0.717) is 64.9 Å². The molecule has 15 heteroatoms. The third-order valence-electron chi connectivity index (χ3n) is 7.39. The fourth-order valence-electron chi connectivity index (χ4n) is 5.08. The number of fused-ring (bicyclic) bond motifs is 1. The number of benzene rings is 2. The zero-order valence-corrected chi connectivity index (χ0v) is 28.9. The largest absolute Gasteiger partial charge is 0.487 e. The number of nitrogens with zero attached hydrogens (tertiary/aromatic N) is 5. The van der Waals surface area contributed by atoms with E-state index in [4.69, 9.17) is 9.88 Å². The van der Waals surface area contributed by atoms with Crippen LogP contribution in [0.4, 0.5) is 0 Å². The van der Waals surface area contributed by atoms with Crippen molar-refractivity contribution in [3.63, 3.8) is 0 Å². The highest BCUT2D eigenvalue weighted by molar-refractivity contribution is 7.91. The highest BCUT2D eigenvalue weighted by Gasteiger charge is 2.23. The van der Waals surface area contributed by atoms with Crippen LogP contribution in [0.5, 0.6) is 5.75 Å². The summed E-state index contributed by atoms with van der Waals surface area (Å²) in [5.41, 5.74) is 3.12. The van der Waals surface area contributed by atoms with Crippen LogP contribution in [0, 0.1) is 6.92 Å². The molecule has 0 spiro atoms. The van der Waals surface area contributed by atoms with Crippen molar-refractivity contribution < 1.29 is 32.3 Å². The number of hydrogen-bond donors (Lipinski definition) is 3. The number of carbonyl (C=O) groups is 2. The Hall–Kier alpha value is -3.76. The van der Waals surface area contributed by atoms with Crippen molar-refractivity contribution >= 4 is 43.3 Å². The number of nitrogens with one attached hydrogen (secondary N) is 1. The molecular weight excluding hydrogens is 643 g/mol. The maximum atomic E-state index is 13.4. The number of aryl methyl sites for hydroxylation is 1. The molecule has 0 aliphatic carbocycles. The van der Waals surface area contributed by atoms with Gasteiger partial charge in [0, 0.05) is 19.4 Å². The number of aliphatic hydroxyl groups excluding tert-OH is 1. The molecule has 1 amide bonds. The number of sulfonamides is 1. The van der Waals surface area contributed by atoms with Crippen molar-refractivity contribution in [3.8, 4) is 5.75 Å². The topological polar surface area (TPSA) is 179 Å². The zero-order valence-electron chi connectivity index (χ0n) is 27.3. The van der Waals surface area contributed by atoms with E-state index in [0.717, 1.165) is 28.9 Å². The standard InChI is InChI=1S/C32H43N7O6S2/c1-22-10-12-23(13-11-22)18-34-31(42)29(9-7-5-6-8-25(40)16-26(41)20-39(2,3)4)38-19-24(36-37-38)21-45-27-14-15-28-30(17-27)46-32(35-28)47(33,43)44/h10-15,17,19,26,29,41H,5-9,16,18,20-21H2,1-4H3,(H2-,33,34,42,43,44)/p+1/t26-,29+/m1/s1. The Labute approximate surface area is 279 Å². The van der Waals surface area contributed by atoms with Gasteiger partial charge in [0.15, 0.2) is 0 Å². The summed E-state index contributed by atoms with van der Waals surface area (Å²) in [7, 11) is 2.03. The van der Waals surface area contributed by atoms with Gasteiger partial charge < -0.3 is 19.6 Å². The number of thiazole rings is 1. The summed E-state index contributed by atoms with van der Waals surface area (Å²) < 4.78 is 31.8. The van der Waals surface area contributed by atoms with Gasteiger partial charge in [0.05, 0.1) is 37.6 Å². The molecule has 13 nitrogen and oxygen atoms in total. The van der Waals surface area contributed by atoms with Crippen molar-refractivity contribution in [2.24, 2.45) is 5.14 Å². The number of carbonyl (C=O) groups excluding carboxylic acids is 2. The fourth-order valence-corrected chi connectivity index (χ4v) is 6.76. The average molecular weight is 687 g/mol. The number of amides is 1. The van der Waals surface area contributed by atoms with E-state index in [2.05, 4.69) is 20.6 Å². The average Bonchev–Trinajstić information content (AvgIpc) is 3.63. The van der Waals surface area contributed by atoms with E-state index >= 15 is 0 Å². The number of ether oxygens (including phenoxy) is 1. The van der Waals surface area contributed by atoms with Crippen LogP contribution in [0.3, 0.4) is 0 Å². The highest BCUT2D eigenvalue weighted by Crippen LogP contribution is 2.28. The number of aliphatic hydroxyl groups is 1. The number of primary sulfonamides is 1. The molecule has 4 rings (SSSR count). The van der Waals surface area contributed by atoms with Gasteiger partial charge in [-0.3, -0.25) is 9.59 Å². The van der Waals surface area contributed by atoms with E-state index in [9.17, 15) is 23.1 Å². The lowest BCUT2D eigenvalue weighted by Crippen LogP contribution is -2.42. The number of Topliss-reactive ketones (excluding diaryl/α,β-unsaturated/α-hetero) is 1. The van der Waals surface area contributed by atoms with Crippen molar-refractivity contribution in [1.82, 2.24) is 25.3 Å².